The number of cyclic esters (lactones) is 1. The van der Waals surface area contributed by atoms with Gasteiger partial charge in [-0.1, -0.05) is 48.1 Å². The van der Waals surface area contributed by atoms with E-state index in [1.165, 1.54) is 19.6 Å². The van der Waals surface area contributed by atoms with Crippen LogP contribution < -0.4 is 0 Å². The van der Waals surface area contributed by atoms with E-state index in [1.807, 2.05) is 20.8 Å². The standard InChI is InChI=1S/C32H42O10/c1-9-16(2)28(37)41-24-25(36)29(4,5)20(12-21(33)38-8)31(7)19-13-30(6)26(18-10-11-39-15-18)40-22(34)14-32(30,42-27(24)31)17(3)23(19)35/h10-11,15-16,19-20,24-27,36H,3,9,12-14H2,1-2,4-8H3/t16-,19+,20+,24+,25-,26+,27+,30+,31-,32+/m1/s1. The molecule has 2 aliphatic carbocycles. The summed E-state index contributed by atoms with van der Waals surface area (Å²) in [5, 5.41) is 11.9. The van der Waals surface area contributed by atoms with Crippen molar-refractivity contribution in [2.75, 3.05) is 7.11 Å². The Hall–Kier alpha value is -2.98. The molecule has 1 N–H and O–H groups in total. The van der Waals surface area contributed by atoms with Crippen molar-refractivity contribution in [3.63, 3.8) is 0 Å². The van der Waals surface area contributed by atoms with E-state index in [4.69, 9.17) is 23.4 Å². The number of aliphatic hydroxyl groups excluding tert-OH is 1. The number of aliphatic hydroxyl groups is 1. The van der Waals surface area contributed by atoms with Crippen LogP contribution in [0.2, 0.25) is 0 Å². The zero-order valence-corrected chi connectivity index (χ0v) is 25.4. The minimum Gasteiger partial charge on any atom is -0.472 e. The molecule has 1 aromatic rings. The highest BCUT2D eigenvalue weighted by atomic mass is 16.6. The Morgan fingerprint density at radius 3 is 2.50 bits per heavy atom. The summed E-state index contributed by atoms with van der Waals surface area (Å²) >= 11 is 0. The van der Waals surface area contributed by atoms with E-state index in [9.17, 15) is 24.3 Å². The van der Waals surface area contributed by atoms with E-state index >= 15 is 0 Å². The van der Waals surface area contributed by atoms with Gasteiger partial charge in [-0.05, 0) is 30.2 Å². The summed E-state index contributed by atoms with van der Waals surface area (Å²) in [4.78, 5) is 53.8. The van der Waals surface area contributed by atoms with Gasteiger partial charge in [0.05, 0.1) is 38.1 Å². The van der Waals surface area contributed by atoms with Crippen molar-refractivity contribution < 1.29 is 47.6 Å². The maximum absolute atomic E-state index is 14.4. The Morgan fingerprint density at radius 1 is 1.21 bits per heavy atom. The van der Waals surface area contributed by atoms with E-state index in [2.05, 4.69) is 6.58 Å². The molecule has 10 nitrogen and oxygen atoms in total. The predicted molar refractivity (Wildman–Crippen MR) is 147 cm³/mol. The van der Waals surface area contributed by atoms with Crippen molar-refractivity contribution in [2.24, 2.45) is 34.0 Å². The second-order valence-electron chi connectivity index (χ2n) is 13.7. The molecule has 0 aromatic carbocycles. The number of ketones is 1. The number of hydrogen-bond acceptors (Lipinski definition) is 10. The first-order valence-electron chi connectivity index (χ1n) is 14.7. The van der Waals surface area contributed by atoms with Gasteiger partial charge < -0.3 is 28.5 Å². The first kappa shape index (κ1) is 30.5. The number of ether oxygens (including phenoxy) is 4. The lowest BCUT2D eigenvalue weighted by atomic mass is 9.44. The molecule has 0 radical (unpaired) electrons. The highest BCUT2D eigenvalue weighted by molar-refractivity contribution is 6.02. The van der Waals surface area contributed by atoms with Gasteiger partial charge in [0.25, 0.3) is 0 Å². The SMILES string of the molecule is C=C1C(=O)[C@@H]2C[C@@]3(C)[C@H](c4ccoc4)OC(=O)C[C@]13O[C@H]1[C@@H](OC(=O)[C@H](C)CC)[C@@H](O)C(C)(C)[C@H](CC(=O)OC)[C@@]21C. The third-order valence-corrected chi connectivity index (χ3v) is 11.3. The number of carbonyl (C=O) groups excluding carboxylic acids is 4. The van der Waals surface area contributed by atoms with Crippen molar-refractivity contribution in [3.8, 4) is 0 Å². The van der Waals surface area contributed by atoms with Crippen molar-refractivity contribution in [1.29, 1.82) is 0 Å². The molecule has 4 heterocycles. The number of Topliss-reactive ketones (excluding diaryl/α,β-unsaturated/α-hetero) is 1. The molecular formula is C32H42O10. The molecule has 0 unspecified atom stereocenters. The summed E-state index contributed by atoms with van der Waals surface area (Å²) in [6.45, 7) is 15.2. The van der Waals surface area contributed by atoms with Crippen LogP contribution in [-0.4, -0.2) is 59.8 Å². The van der Waals surface area contributed by atoms with Gasteiger partial charge in [-0.25, -0.2) is 0 Å². The monoisotopic (exact) mass is 586 g/mol. The van der Waals surface area contributed by atoms with Crippen molar-refractivity contribution in [3.05, 3.63) is 36.3 Å². The molecular weight excluding hydrogens is 544 g/mol. The Balaban J connectivity index is 1.76. The van der Waals surface area contributed by atoms with E-state index in [0.29, 0.717) is 12.0 Å². The number of hydrogen-bond donors (Lipinski definition) is 1. The van der Waals surface area contributed by atoms with Gasteiger partial charge in [0.1, 0.15) is 17.8 Å². The lowest BCUT2D eigenvalue weighted by Gasteiger charge is -2.60. The third kappa shape index (κ3) is 3.97. The van der Waals surface area contributed by atoms with Crippen LogP contribution >= 0.6 is 0 Å². The fraction of sp³-hybridized carbons (Fsp3) is 0.688. The minimum atomic E-state index is -1.53. The molecule has 230 valence electrons. The quantitative estimate of drug-likeness (QED) is 0.294. The van der Waals surface area contributed by atoms with Crippen LogP contribution in [0.15, 0.2) is 35.2 Å². The lowest BCUT2D eigenvalue weighted by molar-refractivity contribution is -0.281. The van der Waals surface area contributed by atoms with Gasteiger partial charge >= 0.3 is 17.9 Å². The van der Waals surface area contributed by atoms with Gasteiger partial charge in [-0.3, -0.25) is 19.2 Å². The number of fused-ring (bicyclic) bond motifs is 1. The van der Waals surface area contributed by atoms with Crippen LogP contribution in [0.1, 0.15) is 78.9 Å². The van der Waals surface area contributed by atoms with Gasteiger partial charge in [0.2, 0.25) is 0 Å². The number of esters is 3. The van der Waals surface area contributed by atoms with Crippen LogP contribution in [0.4, 0.5) is 0 Å². The van der Waals surface area contributed by atoms with Gasteiger partial charge in [0, 0.05) is 34.3 Å². The average Bonchev–Trinajstić information content (AvgIpc) is 3.44. The molecule has 3 aliphatic heterocycles. The van der Waals surface area contributed by atoms with Crippen molar-refractivity contribution >= 4 is 23.7 Å². The summed E-state index contributed by atoms with van der Waals surface area (Å²) in [7, 11) is 1.29. The van der Waals surface area contributed by atoms with Crippen molar-refractivity contribution in [1.82, 2.24) is 0 Å². The van der Waals surface area contributed by atoms with E-state index in [1.54, 1.807) is 26.8 Å². The smallest absolute Gasteiger partial charge is 0.309 e. The summed E-state index contributed by atoms with van der Waals surface area (Å²) in [5.41, 5.74) is -3.94. The second-order valence-corrected chi connectivity index (χ2v) is 13.7. The summed E-state index contributed by atoms with van der Waals surface area (Å²) < 4.78 is 29.5. The highest BCUT2D eigenvalue weighted by Gasteiger charge is 2.77. The number of methoxy groups -OCH3 is 1. The maximum Gasteiger partial charge on any atom is 0.309 e. The summed E-state index contributed by atoms with van der Waals surface area (Å²) in [6.07, 6.45) is -0.981. The predicted octanol–water partition coefficient (Wildman–Crippen LogP) is 4.10. The molecule has 5 fully saturated rings. The van der Waals surface area contributed by atoms with Crippen molar-refractivity contribution in [2.45, 2.75) is 97.2 Å². The zero-order valence-electron chi connectivity index (χ0n) is 25.4. The molecule has 42 heavy (non-hydrogen) atoms. The molecule has 1 spiro atoms. The first-order valence-corrected chi connectivity index (χ1v) is 14.7. The summed E-state index contributed by atoms with van der Waals surface area (Å²) in [6, 6.07) is 1.71. The molecule has 10 heteroatoms. The van der Waals surface area contributed by atoms with Crippen LogP contribution in [0, 0.1) is 34.0 Å². The van der Waals surface area contributed by atoms with Gasteiger partial charge in [-0.2, -0.15) is 0 Å². The Kier molecular flexibility index (Phi) is 7.29. The topological polar surface area (TPSA) is 139 Å². The van der Waals surface area contributed by atoms with Crippen LogP contribution in [0.3, 0.4) is 0 Å². The molecule has 3 saturated heterocycles. The molecule has 2 saturated carbocycles. The van der Waals surface area contributed by atoms with Crippen LogP contribution in [0.25, 0.3) is 0 Å². The summed E-state index contributed by atoms with van der Waals surface area (Å²) in [5.74, 6) is -3.71. The fourth-order valence-electron chi connectivity index (χ4n) is 8.46. The number of furan rings is 1. The molecule has 1 aromatic heterocycles. The maximum atomic E-state index is 14.4. The normalized spacial score (nSPS) is 41.2. The molecule has 0 amide bonds. The third-order valence-electron chi connectivity index (χ3n) is 11.3. The average molecular weight is 587 g/mol. The van der Waals surface area contributed by atoms with Gasteiger partial charge in [-0.15, -0.1) is 0 Å². The highest BCUT2D eigenvalue weighted by Crippen LogP contribution is 2.71. The van der Waals surface area contributed by atoms with Crippen LogP contribution in [0.5, 0.6) is 0 Å². The number of rotatable bonds is 6. The Bertz CT molecular complexity index is 1300. The molecule has 10 atom stereocenters. The van der Waals surface area contributed by atoms with E-state index < -0.39 is 81.9 Å². The van der Waals surface area contributed by atoms with E-state index in [0.717, 1.165) is 0 Å². The molecule has 6 rings (SSSR count). The molecule has 5 aliphatic rings. The Morgan fingerprint density at radius 2 is 1.90 bits per heavy atom. The molecule has 2 bridgehead atoms. The fourth-order valence-corrected chi connectivity index (χ4v) is 8.46. The lowest BCUT2D eigenvalue weighted by Crippen LogP contribution is -2.68. The zero-order chi connectivity index (χ0) is 31.0. The Labute approximate surface area is 246 Å². The largest absolute Gasteiger partial charge is 0.472 e. The van der Waals surface area contributed by atoms with Crippen LogP contribution in [-0.2, 0) is 38.1 Å². The second kappa shape index (κ2) is 10.0. The van der Waals surface area contributed by atoms with Gasteiger partial charge in [0.15, 0.2) is 11.9 Å². The minimum absolute atomic E-state index is 0.108. The van der Waals surface area contributed by atoms with E-state index in [-0.39, 0.29) is 30.6 Å². The first-order chi connectivity index (χ1) is 19.6. The number of carbonyl (C=O) groups is 4.